The molecule has 1 aromatic heterocycles. The van der Waals surface area contributed by atoms with Gasteiger partial charge in [0.05, 0.1) is 11.8 Å². The molecule has 4 rings (SSSR count). The van der Waals surface area contributed by atoms with E-state index in [1.165, 1.54) is 19.4 Å². The zero-order valence-corrected chi connectivity index (χ0v) is 16.5. The van der Waals surface area contributed by atoms with Crippen LogP contribution < -0.4 is 5.32 Å². The Kier molecular flexibility index (Phi) is 5.91. The first-order chi connectivity index (χ1) is 13.6. The molecule has 9 heteroatoms. The Labute approximate surface area is 165 Å². The van der Waals surface area contributed by atoms with E-state index in [1.807, 2.05) is 4.90 Å². The third kappa shape index (κ3) is 4.88. The molecule has 1 saturated carbocycles. The molecule has 1 atom stereocenters. The predicted octanol–water partition coefficient (Wildman–Crippen LogP) is 0.192. The van der Waals surface area contributed by atoms with Gasteiger partial charge < -0.3 is 19.9 Å². The van der Waals surface area contributed by atoms with Gasteiger partial charge in [-0.05, 0) is 57.5 Å². The van der Waals surface area contributed by atoms with E-state index in [0.29, 0.717) is 30.4 Å². The van der Waals surface area contributed by atoms with Crippen molar-refractivity contribution in [2.45, 2.75) is 38.7 Å². The number of hydrogen-bond acceptors (Lipinski definition) is 6. The maximum Gasteiger partial charge on any atom is 0.273 e. The van der Waals surface area contributed by atoms with E-state index in [9.17, 15) is 9.59 Å². The Morgan fingerprint density at radius 1 is 1.18 bits per heavy atom. The summed E-state index contributed by atoms with van der Waals surface area (Å²) in [4.78, 5) is 29.0. The number of morpholine rings is 1. The zero-order valence-electron chi connectivity index (χ0n) is 16.5. The second-order valence-electron chi connectivity index (χ2n) is 8.39. The lowest BCUT2D eigenvalue weighted by molar-refractivity contribution is -0.149. The minimum absolute atomic E-state index is 0.0512. The van der Waals surface area contributed by atoms with Crippen LogP contribution in [0.5, 0.6) is 0 Å². The van der Waals surface area contributed by atoms with Crippen LogP contribution in [0.15, 0.2) is 0 Å². The van der Waals surface area contributed by atoms with Gasteiger partial charge in [-0.2, -0.15) is 15.4 Å². The van der Waals surface area contributed by atoms with Gasteiger partial charge in [-0.25, -0.2) is 0 Å². The van der Waals surface area contributed by atoms with Crippen LogP contribution in [-0.4, -0.2) is 89.0 Å². The first kappa shape index (κ1) is 19.3. The highest BCUT2D eigenvalue weighted by molar-refractivity contribution is 5.93. The Bertz CT molecular complexity index is 696. The van der Waals surface area contributed by atoms with Gasteiger partial charge >= 0.3 is 0 Å². The van der Waals surface area contributed by atoms with Gasteiger partial charge in [0.25, 0.3) is 5.91 Å². The van der Waals surface area contributed by atoms with Crippen molar-refractivity contribution in [1.82, 2.24) is 30.5 Å². The number of H-pyrrole nitrogens is 1. The number of aromatic nitrogens is 3. The molecule has 0 spiro atoms. The molecule has 2 N–H and O–H groups in total. The fourth-order valence-corrected chi connectivity index (χ4v) is 4.10. The first-order valence-corrected chi connectivity index (χ1v) is 10.4. The summed E-state index contributed by atoms with van der Waals surface area (Å²) < 4.78 is 5.62. The lowest BCUT2D eigenvalue weighted by atomic mass is 9.95. The fraction of sp³-hybridized carbons (Fsp3) is 0.789. The van der Waals surface area contributed by atoms with Crippen LogP contribution in [0.3, 0.4) is 0 Å². The number of aromatic amines is 1. The van der Waals surface area contributed by atoms with Crippen molar-refractivity contribution in [1.29, 1.82) is 0 Å². The topological polar surface area (TPSA) is 103 Å². The Morgan fingerprint density at radius 2 is 1.93 bits per heavy atom. The van der Waals surface area contributed by atoms with Gasteiger partial charge in [0.1, 0.15) is 6.61 Å². The van der Waals surface area contributed by atoms with Crippen LogP contribution in [0, 0.1) is 18.8 Å². The summed E-state index contributed by atoms with van der Waals surface area (Å²) in [5.41, 5.74) is 0.855. The number of aryl methyl sites for hydroxylation is 1. The molecule has 154 valence electrons. The SMILES string of the molecule is Cc1n[nH]nc1C(=O)NC[C@@H]1CN(CC2CCN(CC3CC3)CC2)C(=O)CO1. The highest BCUT2D eigenvalue weighted by Gasteiger charge is 2.31. The summed E-state index contributed by atoms with van der Waals surface area (Å²) in [5.74, 6) is 1.27. The molecule has 28 heavy (non-hydrogen) atoms. The number of likely N-dealkylation sites (tertiary alicyclic amines) is 1. The van der Waals surface area contributed by atoms with Gasteiger partial charge in [-0.1, -0.05) is 0 Å². The lowest BCUT2D eigenvalue weighted by Gasteiger charge is -2.38. The normalized spacial score (nSPS) is 24.5. The third-order valence-corrected chi connectivity index (χ3v) is 6.05. The third-order valence-electron chi connectivity index (χ3n) is 6.05. The van der Waals surface area contributed by atoms with E-state index in [4.69, 9.17) is 4.74 Å². The highest BCUT2D eigenvalue weighted by atomic mass is 16.5. The number of piperidine rings is 1. The van der Waals surface area contributed by atoms with E-state index in [-0.39, 0.29) is 24.5 Å². The maximum atomic E-state index is 12.3. The second-order valence-corrected chi connectivity index (χ2v) is 8.39. The molecule has 0 unspecified atom stereocenters. The molecule has 1 aliphatic carbocycles. The van der Waals surface area contributed by atoms with Crippen LogP contribution in [0.25, 0.3) is 0 Å². The Hall–Kier alpha value is -2.00. The van der Waals surface area contributed by atoms with Crippen molar-refractivity contribution in [3.63, 3.8) is 0 Å². The summed E-state index contributed by atoms with van der Waals surface area (Å²) >= 11 is 0. The summed E-state index contributed by atoms with van der Waals surface area (Å²) in [5, 5.41) is 13.0. The molecule has 2 amide bonds. The smallest absolute Gasteiger partial charge is 0.273 e. The minimum atomic E-state index is -0.277. The average molecular weight is 390 g/mol. The number of carbonyl (C=O) groups is 2. The maximum absolute atomic E-state index is 12.3. The zero-order chi connectivity index (χ0) is 19.5. The summed E-state index contributed by atoms with van der Waals surface area (Å²) in [6.07, 6.45) is 4.92. The molecule has 3 fully saturated rings. The van der Waals surface area contributed by atoms with Crippen LogP contribution >= 0.6 is 0 Å². The summed E-state index contributed by atoms with van der Waals surface area (Å²) in [7, 11) is 0. The van der Waals surface area contributed by atoms with Crippen molar-refractivity contribution >= 4 is 11.8 Å². The predicted molar refractivity (Wildman–Crippen MR) is 102 cm³/mol. The van der Waals surface area contributed by atoms with Crippen LogP contribution in [0.1, 0.15) is 41.9 Å². The molecule has 0 radical (unpaired) electrons. The summed E-state index contributed by atoms with van der Waals surface area (Å²) in [6.45, 7) is 7.05. The van der Waals surface area contributed by atoms with E-state index < -0.39 is 0 Å². The standard InChI is InChI=1S/C19H30N6O3/c1-13-18(22-23-21-13)19(27)20-8-16-11-25(17(26)12-28-16)10-15-4-6-24(7-5-15)9-14-2-3-14/h14-16H,2-12H2,1H3,(H,20,27)(H,21,22,23)/t16-/m1/s1. The number of carbonyl (C=O) groups excluding carboxylic acids is 2. The number of hydrogen-bond donors (Lipinski definition) is 2. The molecule has 9 nitrogen and oxygen atoms in total. The molecular formula is C19H30N6O3. The van der Waals surface area contributed by atoms with Crippen LogP contribution in [0.4, 0.5) is 0 Å². The number of nitrogens with zero attached hydrogens (tertiary/aromatic N) is 4. The largest absolute Gasteiger partial charge is 0.365 e. The Morgan fingerprint density at radius 3 is 2.61 bits per heavy atom. The number of nitrogens with one attached hydrogen (secondary N) is 2. The molecule has 1 aromatic rings. The van der Waals surface area contributed by atoms with Crippen molar-refractivity contribution in [3.8, 4) is 0 Å². The molecular weight excluding hydrogens is 360 g/mol. The summed E-state index contributed by atoms with van der Waals surface area (Å²) in [6, 6.07) is 0. The highest BCUT2D eigenvalue weighted by Crippen LogP contribution is 2.31. The van der Waals surface area contributed by atoms with E-state index in [2.05, 4.69) is 25.6 Å². The monoisotopic (exact) mass is 390 g/mol. The van der Waals surface area contributed by atoms with Gasteiger partial charge in [-0.3, -0.25) is 9.59 Å². The van der Waals surface area contributed by atoms with Crippen molar-refractivity contribution in [3.05, 3.63) is 11.4 Å². The molecule has 3 aliphatic rings. The number of amides is 2. The van der Waals surface area contributed by atoms with Gasteiger partial charge in [-0.15, -0.1) is 0 Å². The van der Waals surface area contributed by atoms with Crippen molar-refractivity contribution in [2.24, 2.45) is 11.8 Å². The number of ether oxygens (including phenoxy) is 1. The molecule has 2 saturated heterocycles. The van der Waals surface area contributed by atoms with Gasteiger partial charge in [0, 0.05) is 26.2 Å². The Balaban J connectivity index is 1.21. The minimum Gasteiger partial charge on any atom is -0.365 e. The van der Waals surface area contributed by atoms with Crippen molar-refractivity contribution in [2.75, 3.05) is 45.9 Å². The molecule has 0 bridgehead atoms. The van der Waals surface area contributed by atoms with Crippen LogP contribution in [-0.2, 0) is 9.53 Å². The van der Waals surface area contributed by atoms with Gasteiger partial charge in [0.15, 0.2) is 5.69 Å². The van der Waals surface area contributed by atoms with E-state index in [0.717, 1.165) is 38.4 Å². The van der Waals surface area contributed by atoms with E-state index >= 15 is 0 Å². The van der Waals surface area contributed by atoms with E-state index in [1.54, 1.807) is 6.92 Å². The van der Waals surface area contributed by atoms with Crippen LogP contribution in [0.2, 0.25) is 0 Å². The molecule has 0 aromatic carbocycles. The lowest BCUT2D eigenvalue weighted by Crippen LogP contribution is -2.52. The van der Waals surface area contributed by atoms with Crippen molar-refractivity contribution < 1.29 is 14.3 Å². The molecule has 2 aliphatic heterocycles. The quantitative estimate of drug-likeness (QED) is 0.689. The second kappa shape index (κ2) is 8.57. The fourth-order valence-electron chi connectivity index (χ4n) is 4.10. The average Bonchev–Trinajstić information content (AvgIpc) is 3.41. The van der Waals surface area contributed by atoms with Gasteiger partial charge in [0.2, 0.25) is 5.91 Å². The molecule has 3 heterocycles. The number of rotatable bonds is 7. The first-order valence-electron chi connectivity index (χ1n) is 10.4.